The van der Waals surface area contributed by atoms with Crippen molar-refractivity contribution in [1.82, 2.24) is 14.8 Å². The Hall–Kier alpha value is -3.00. The molecule has 2 aromatic heterocycles. The Balaban J connectivity index is 1.73. The highest BCUT2D eigenvalue weighted by atomic mass is 35.5. The number of amides is 1. The maximum Gasteiger partial charge on any atom is 0.437 e. The molecule has 0 radical (unpaired) electrons. The van der Waals surface area contributed by atoms with Crippen LogP contribution >= 0.6 is 11.6 Å². The van der Waals surface area contributed by atoms with Crippen LogP contribution in [0.15, 0.2) is 51.8 Å². The molecule has 0 aliphatic rings. The molecule has 9 heteroatoms. The fourth-order valence-electron chi connectivity index (χ4n) is 1.88. The van der Waals surface area contributed by atoms with E-state index in [-0.39, 0.29) is 12.4 Å². The summed E-state index contributed by atoms with van der Waals surface area (Å²) in [6, 6.07) is 8.36. The van der Waals surface area contributed by atoms with Crippen molar-refractivity contribution < 1.29 is 13.6 Å². The third-order valence-electron chi connectivity index (χ3n) is 2.99. The molecule has 1 amide bonds. The van der Waals surface area contributed by atoms with E-state index >= 15 is 0 Å². The van der Waals surface area contributed by atoms with Gasteiger partial charge in [0.15, 0.2) is 0 Å². The van der Waals surface area contributed by atoms with Crippen LogP contribution in [-0.2, 0) is 11.3 Å². The molecule has 0 bridgehead atoms. The predicted octanol–water partition coefficient (Wildman–Crippen LogP) is 2.33. The Labute approximate surface area is 139 Å². The number of anilines is 1. The van der Waals surface area contributed by atoms with Crippen LogP contribution in [0.4, 0.5) is 10.2 Å². The second kappa shape index (κ2) is 6.63. The van der Waals surface area contributed by atoms with Gasteiger partial charge in [-0.15, -0.1) is 5.10 Å². The molecular formula is C15H10ClFN4O3. The summed E-state index contributed by atoms with van der Waals surface area (Å²) in [4.78, 5) is 27.6. The van der Waals surface area contributed by atoms with E-state index in [0.29, 0.717) is 16.4 Å². The van der Waals surface area contributed by atoms with Gasteiger partial charge in [-0.25, -0.2) is 14.2 Å². The molecule has 0 atom stereocenters. The maximum absolute atomic E-state index is 12.9. The predicted molar refractivity (Wildman–Crippen MR) is 84.0 cm³/mol. The van der Waals surface area contributed by atoms with Crippen molar-refractivity contribution >= 4 is 23.3 Å². The van der Waals surface area contributed by atoms with Crippen LogP contribution < -0.4 is 11.1 Å². The number of pyridine rings is 1. The monoisotopic (exact) mass is 348 g/mol. The lowest BCUT2D eigenvalue weighted by Crippen LogP contribution is -2.26. The van der Waals surface area contributed by atoms with E-state index in [4.69, 9.17) is 16.0 Å². The zero-order valence-corrected chi connectivity index (χ0v) is 12.8. The Kier molecular flexibility index (Phi) is 4.39. The summed E-state index contributed by atoms with van der Waals surface area (Å²) in [5, 5.41) is 6.85. The van der Waals surface area contributed by atoms with Gasteiger partial charge in [0.2, 0.25) is 11.8 Å². The quantitative estimate of drug-likeness (QED) is 0.781. The molecule has 0 saturated carbocycles. The number of rotatable bonds is 4. The van der Waals surface area contributed by atoms with E-state index in [1.807, 2.05) is 0 Å². The molecule has 0 unspecified atom stereocenters. The van der Waals surface area contributed by atoms with E-state index in [9.17, 15) is 14.0 Å². The lowest BCUT2D eigenvalue weighted by molar-refractivity contribution is -0.117. The number of benzene rings is 1. The second-order valence-electron chi connectivity index (χ2n) is 4.75. The van der Waals surface area contributed by atoms with Crippen LogP contribution in [0.5, 0.6) is 0 Å². The van der Waals surface area contributed by atoms with Crippen LogP contribution in [-0.4, -0.2) is 20.7 Å². The topological polar surface area (TPSA) is 90.0 Å². The highest BCUT2D eigenvalue weighted by Crippen LogP contribution is 2.15. The molecule has 1 N–H and O–H groups in total. The molecule has 7 nitrogen and oxygen atoms in total. The Morgan fingerprint density at radius 1 is 1.25 bits per heavy atom. The summed E-state index contributed by atoms with van der Waals surface area (Å²) >= 11 is 5.70. The number of aromatic nitrogens is 3. The molecule has 0 saturated heterocycles. The van der Waals surface area contributed by atoms with Crippen LogP contribution in [0.1, 0.15) is 0 Å². The number of hydrogen-bond donors (Lipinski definition) is 1. The molecule has 0 spiro atoms. The van der Waals surface area contributed by atoms with Gasteiger partial charge in [0.25, 0.3) is 0 Å². The molecule has 0 aliphatic heterocycles. The number of nitrogens with one attached hydrogen (secondary N) is 1. The molecule has 122 valence electrons. The van der Waals surface area contributed by atoms with E-state index in [1.165, 1.54) is 36.5 Å². The van der Waals surface area contributed by atoms with Crippen molar-refractivity contribution in [1.29, 1.82) is 0 Å². The average molecular weight is 349 g/mol. The smallest absolute Gasteiger partial charge is 0.388 e. The van der Waals surface area contributed by atoms with Crippen LogP contribution in [0.25, 0.3) is 11.5 Å². The van der Waals surface area contributed by atoms with Gasteiger partial charge in [-0.3, -0.25) is 4.79 Å². The van der Waals surface area contributed by atoms with Crippen molar-refractivity contribution in [3.05, 3.63) is 64.0 Å². The van der Waals surface area contributed by atoms with Crippen molar-refractivity contribution in [2.24, 2.45) is 0 Å². The molecular weight excluding hydrogens is 339 g/mol. The van der Waals surface area contributed by atoms with Crippen molar-refractivity contribution in [2.45, 2.75) is 6.54 Å². The van der Waals surface area contributed by atoms with Crippen molar-refractivity contribution in [3.8, 4) is 11.5 Å². The third kappa shape index (κ3) is 3.66. The highest BCUT2D eigenvalue weighted by molar-refractivity contribution is 6.30. The molecule has 1 aromatic carbocycles. The Morgan fingerprint density at radius 3 is 2.67 bits per heavy atom. The first-order valence-electron chi connectivity index (χ1n) is 6.76. The molecule has 3 aromatic rings. The summed E-state index contributed by atoms with van der Waals surface area (Å²) < 4.78 is 18.7. The minimum Gasteiger partial charge on any atom is -0.388 e. The summed E-state index contributed by atoms with van der Waals surface area (Å²) in [5.74, 6) is -1.44. The molecule has 3 rings (SSSR count). The van der Waals surface area contributed by atoms with E-state index in [2.05, 4.69) is 15.4 Å². The van der Waals surface area contributed by atoms with Crippen LogP contribution in [0.2, 0.25) is 5.02 Å². The fraction of sp³-hybridized carbons (Fsp3) is 0.0667. The summed E-state index contributed by atoms with van der Waals surface area (Å²) in [7, 11) is 0. The first kappa shape index (κ1) is 15.9. The minimum absolute atomic E-state index is 0.00239. The number of nitrogens with zero attached hydrogens (tertiary/aromatic N) is 3. The van der Waals surface area contributed by atoms with E-state index in [1.54, 1.807) is 6.07 Å². The zero-order valence-electron chi connectivity index (χ0n) is 12.1. The van der Waals surface area contributed by atoms with Crippen LogP contribution in [0, 0.1) is 5.82 Å². The first-order valence-corrected chi connectivity index (χ1v) is 7.14. The first-order chi connectivity index (χ1) is 11.5. The molecule has 24 heavy (non-hydrogen) atoms. The summed E-state index contributed by atoms with van der Waals surface area (Å²) in [6.45, 7) is -0.353. The minimum atomic E-state index is -0.798. The molecule has 0 fully saturated rings. The largest absolute Gasteiger partial charge is 0.437 e. The molecule has 2 heterocycles. The molecule has 0 aliphatic carbocycles. The lowest BCUT2D eigenvalue weighted by atomic mass is 10.2. The lowest BCUT2D eigenvalue weighted by Gasteiger charge is -2.03. The number of halogens is 2. The summed E-state index contributed by atoms with van der Waals surface area (Å²) in [6.07, 6.45) is 1.38. The zero-order chi connectivity index (χ0) is 17.1. The van der Waals surface area contributed by atoms with Gasteiger partial charge in [-0.05, 0) is 36.4 Å². The van der Waals surface area contributed by atoms with Crippen molar-refractivity contribution in [2.75, 3.05) is 5.32 Å². The SMILES string of the molecule is O=C(Cn1nc(-c2ccc(F)cc2)oc1=O)Nc1ccc(Cl)cn1. The van der Waals surface area contributed by atoms with Gasteiger partial charge in [-0.1, -0.05) is 11.6 Å². The van der Waals surface area contributed by atoms with Crippen molar-refractivity contribution in [3.63, 3.8) is 0 Å². The summed E-state index contributed by atoms with van der Waals surface area (Å²) in [5.41, 5.74) is 0.423. The normalized spacial score (nSPS) is 10.6. The third-order valence-corrected chi connectivity index (χ3v) is 3.21. The number of carbonyl (C=O) groups excluding carboxylic acids is 1. The Morgan fingerprint density at radius 2 is 2.00 bits per heavy atom. The maximum atomic E-state index is 12.9. The van der Waals surface area contributed by atoms with Gasteiger partial charge in [0.1, 0.15) is 18.2 Å². The highest BCUT2D eigenvalue weighted by Gasteiger charge is 2.13. The average Bonchev–Trinajstić information content (AvgIpc) is 2.91. The second-order valence-corrected chi connectivity index (χ2v) is 5.18. The number of carbonyl (C=O) groups is 1. The number of hydrogen-bond acceptors (Lipinski definition) is 5. The van der Waals surface area contributed by atoms with E-state index < -0.39 is 17.5 Å². The van der Waals surface area contributed by atoms with E-state index in [0.717, 1.165) is 4.68 Å². The standard InChI is InChI=1S/C15H10ClFN4O3/c16-10-3-6-12(18-7-10)19-13(22)8-21-15(23)24-14(20-21)9-1-4-11(17)5-2-9/h1-7H,8H2,(H,18,19,22). The van der Waals surface area contributed by atoms with Gasteiger partial charge in [-0.2, -0.15) is 4.68 Å². The Bertz CT molecular complexity index is 919. The van der Waals surface area contributed by atoms with Gasteiger partial charge in [0.05, 0.1) is 5.02 Å². The van der Waals surface area contributed by atoms with Gasteiger partial charge in [0, 0.05) is 11.8 Å². The fourth-order valence-corrected chi connectivity index (χ4v) is 2.00. The van der Waals surface area contributed by atoms with Gasteiger partial charge < -0.3 is 9.73 Å². The van der Waals surface area contributed by atoms with Gasteiger partial charge >= 0.3 is 5.76 Å². The van der Waals surface area contributed by atoms with Crippen LogP contribution in [0.3, 0.4) is 0 Å².